The average molecular weight is 579 g/mol. The molecule has 2 amide bonds. The number of halogens is 1. The van der Waals surface area contributed by atoms with Crippen molar-refractivity contribution in [3.05, 3.63) is 64.0 Å². The van der Waals surface area contributed by atoms with Gasteiger partial charge in [0.25, 0.3) is 5.91 Å². The first-order valence-electron chi connectivity index (χ1n) is 12.0. The zero-order valence-electron chi connectivity index (χ0n) is 20.0. The van der Waals surface area contributed by atoms with Crippen LogP contribution in [0.5, 0.6) is 0 Å². The number of amides is 2. The van der Waals surface area contributed by atoms with Gasteiger partial charge < -0.3 is 9.64 Å². The number of carbonyl (C=O) groups excluding carboxylic acids is 2. The number of fused-ring (bicyclic) bond motifs is 3. The predicted molar refractivity (Wildman–Crippen MR) is 144 cm³/mol. The number of aryl methyl sites for hydroxylation is 1. The van der Waals surface area contributed by atoms with E-state index in [4.69, 9.17) is 9.84 Å². The van der Waals surface area contributed by atoms with Gasteiger partial charge in [-0.2, -0.15) is 5.10 Å². The van der Waals surface area contributed by atoms with Crippen molar-refractivity contribution in [1.29, 1.82) is 0 Å². The summed E-state index contributed by atoms with van der Waals surface area (Å²) in [6.45, 7) is 1.60. The largest absolute Gasteiger partial charge is 0.453 e. The normalized spacial score (nSPS) is 14.3. The van der Waals surface area contributed by atoms with E-state index >= 15 is 0 Å². The fraction of sp³-hybridized carbons (Fsp3) is 0.269. The molecule has 4 aromatic rings. The van der Waals surface area contributed by atoms with Crippen LogP contribution in [-0.4, -0.2) is 56.8 Å². The number of carbonyl (C=O) groups is 2. The molecule has 0 saturated carbocycles. The summed E-state index contributed by atoms with van der Waals surface area (Å²) in [6.07, 6.45) is 6.56. The van der Waals surface area contributed by atoms with E-state index in [1.807, 2.05) is 46.1 Å². The molecule has 1 aliphatic carbocycles. The molecule has 9 nitrogen and oxygen atoms in total. The van der Waals surface area contributed by atoms with Crippen LogP contribution in [0.4, 0.5) is 9.93 Å². The first kappa shape index (κ1) is 23.8. The van der Waals surface area contributed by atoms with Crippen molar-refractivity contribution in [2.24, 2.45) is 0 Å². The highest BCUT2D eigenvalue weighted by atomic mass is 79.9. The monoisotopic (exact) mass is 578 g/mol. The molecule has 0 unspecified atom stereocenters. The number of methoxy groups -OCH3 is 1. The van der Waals surface area contributed by atoms with Gasteiger partial charge in [0, 0.05) is 46.6 Å². The van der Waals surface area contributed by atoms with Crippen LogP contribution in [0, 0.1) is 0 Å². The number of hydrogen-bond acceptors (Lipinski definition) is 7. The molecule has 1 saturated heterocycles. The second-order valence-electron chi connectivity index (χ2n) is 8.91. The Balaban J connectivity index is 1.48. The Kier molecular flexibility index (Phi) is 6.25. The van der Waals surface area contributed by atoms with Crippen molar-refractivity contribution in [3.63, 3.8) is 0 Å². The maximum Gasteiger partial charge on any atom is 0.413 e. The lowest BCUT2D eigenvalue weighted by Gasteiger charge is -2.17. The van der Waals surface area contributed by atoms with Crippen LogP contribution >= 0.6 is 27.3 Å². The number of benzene rings is 1. The molecule has 0 spiro atoms. The van der Waals surface area contributed by atoms with Crippen LogP contribution in [0.1, 0.15) is 34.5 Å². The summed E-state index contributed by atoms with van der Waals surface area (Å²) in [5.41, 5.74) is 6.17. The van der Waals surface area contributed by atoms with Gasteiger partial charge in [0.1, 0.15) is 0 Å². The maximum atomic E-state index is 13.0. The molecule has 11 heteroatoms. The smallest absolute Gasteiger partial charge is 0.413 e. The van der Waals surface area contributed by atoms with E-state index in [2.05, 4.69) is 31.2 Å². The molecule has 0 bridgehead atoms. The number of nitrogens with one attached hydrogen (secondary N) is 1. The number of pyridine rings is 1. The molecule has 2 aliphatic rings. The molecule has 3 aromatic heterocycles. The minimum atomic E-state index is -0.558. The summed E-state index contributed by atoms with van der Waals surface area (Å²) in [7, 11) is 1.33. The summed E-state index contributed by atoms with van der Waals surface area (Å²) in [6, 6.07) is 9.55. The quantitative estimate of drug-likeness (QED) is 0.351. The molecule has 6 rings (SSSR count). The lowest BCUT2D eigenvalue weighted by Crippen LogP contribution is -2.27. The summed E-state index contributed by atoms with van der Waals surface area (Å²) >= 11 is 5.11. The van der Waals surface area contributed by atoms with Crippen LogP contribution in [0.2, 0.25) is 0 Å². The standard InChI is InChI=1S/C26H23BrN6O3S/c1-36-26(35)30-25-29-19-8-7-17-21(16-5-4-10-28-14-16)31-33(22(17)23(19)37-25)20-9-6-15(13-18(20)27)24(34)32-11-2-3-12-32/h4-6,9-10,13-14H,2-3,7-8,11-12H2,1H3,(H,29,30,35). The van der Waals surface area contributed by atoms with Gasteiger partial charge in [-0.1, -0.05) is 11.3 Å². The van der Waals surface area contributed by atoms with Crippen LogP contribution in [0.25, 0.3) is 27.5 Å². The van der Waals surface area contributed by atoms with E-state index in [-0.39, 0.29) is 5.91 Å². The first-order chi connectivity index (χ1) is 18.0. The van der Waals surface area contributed by atoms with Gasteiger partial charge in [0.05, 0.1) is 34.8 Å². The van der Waals surface area contributed by atoms with Crippen molar-refractivity contribution in [2.45, 2.75) is 25.7 Å². The molecule has 1 aromatic carbocycles. The van der Waals surface area contributed by atoms with Gasteiger partial charge in [0.2, 0.25) is 0 Å². The van der Waals surface area contributed by atoms with Crippen molar-refractivity contribution in [2.75, 3.05) is 25.5 Å². The number of aromatic nitrogens is 4. The Labute approximate surface area is 225 Å². The first-order valence-corrected chi connectivity index (χ1v) is 13.6. The fourth-order valence-corrected chi connectivity index (χ4v) is 6.49. The van der Waals surface area contributed by atoms with Gasteiger partial charge in [0.15, 0.2) is 5.13 Å². The number of anilines is 1. The van der Waals surface area contributed by atoms with Crippen molar-refractivity contribution in [3.8, 4) is 27.5 Å². The molecular formula is C26H23BrN6O3S. The number of likely N-dealkylation sites (tertiary alicyclic amines) is 1. The van der Waals surface area contributed by atoms with Crippen LogP contribution in [0.15, 0.2) is 47.2 Å². The third-order valence-electron chi connectivity index (χ3n) is 6.65. The highest BCUT2D eigenvalue weighted by molar-refractivity contribution is 9.10. The minimum absolute atomic E-state index is 0.0477. The Hall–Kier alpha value is -3.57. The highest BCUT2D eigenvalue weighted by Gasteiger charge is 2.31. The number of nitrogens with zero attached hydrogens (tertiary/aromatic N) is 5. The SMILES string of the molecule is COC(=O)Nc1nc2c(s1)-c1c(c(-c3cccnc3)nn1-c1ccc(C(=O)N3CCCC3)cc1Br)CC2. The molecule has 0 radical (unpaired) electrons. The summed E-state index contributed by atoms with van der Waals surface area (Å²) in [5, 5.41) is 8.22. The van der Waals surface area contributed by atoms with Crippen molar-refractivity contribution >= 4 is 44.4 Å². The lowest BCUT2D eigenvalue weighted by molar-refractivity contribution is 0.0792. The second kappa shape index (κ2) is 9.71. The third-order valence-corrected chi connectivity index (χ3v) is 8.31. The summed E-state index contributed by atoms with van der Waals surface area (Å²) < 4.78 is 7.42. The topological polar surface area (TPSA) is 102 Å². The zero-order chi connectivity index (χ0) is 25.5. The summed E-state index contributed by atoms with van der Waals surface area (Å²) in [5.74, 6) is 0.0477. The van der Waals surface area contributed by atoms with Gasteiger partial charge in [-0.05, 0) is 71.9 Å². The third kappa shape index (κ3) is 4.31. The Morgan fingerprint density at radius 1 is 1.16 bits per heavy atom. The minimum Gasteiger partial charge on any atom is -0.453 e. The molecular weight excluding hydrogens is 556 g/mol. The molecule has 1 aliphatic heterocycles. The number of rotatable bonds is 4. The number of ether oxygens (including phenoxy) is 1. The molecule has 1 fully saturated rings. The predicted octanol–water partition coefficient (Wildman–Crippen LogP) is 5.33. The molecule has 188 valence electrons. The van der Waals surface area contributed by atoms with E-state index in [0.717, 1.165) is 82.0 Å². The Morgan fingerprint density at radius 3 is 2.73 bits per heavy atom. The maximum absolute atomic E-state index is 13.0. The fourth-order valence-electron chi connectivity index (χ4n) is 4.89. The Morgan fingerprint density at radius 2 is 2.00 bits per heavy atom. The summed E-state index contributed by atoms with van der Waals surface area (Å²) in [4.78, 5) is 36.6. The van der Waals surface area contributed by atoms with E-state index < -0.39 is 6.09 Å². The van der Waals surface area contributed by atoms with E-state index in [1.165, 1.54) is 18.4 Å². The molecule has 37 heavy (non-hydrogen) atoms. The average Bonchev–Trinajstić information content (AvgIpc) is 3.67. The van der Waals surface area contributed by atoms with E-state index in [9.17, 15) is 9.59 Å². The highest BCUT2D eigenvalue weighted by Crippen LogP contribution is 2.44. The molecule has 0 atom stereocenters. The van der Waals surface area contributed by atoms with E-state index in [1.54, 1.807) is 6.20 Å². The number of hydrogen-bond donors (Lipinski definition) is 1. The van der Waals surface area contributed by atoms with Crippen molar-refractivity contribution in [1.82, 2.24) is 24.6 Å². The van der Waals surface area contributed by atoms with Crippen molar-refractivity contribution < 1.29 is 14.3 Å². The molecule has 4 heterocycles. The van der Waals surface area contributed by atoms with Gasteiger partial charge in [-0.15, -0.1) is 0 Å². The van der Waals surface area contributed by atoms with Gasteiger partial charge in [-0.25, -0.2) is 14.5 Å². The Bertz CT molecular complexity index is 1510. The molecule has 1 N–H and O–H groups in total. The van der Waals surface area contributed by atoms with Crippen LogP contribution in [-0.2, 0) is 17.6 Å². The second-order valence-corrected chi connectivity index (χ2v) is 10.8. The lowest BCUT2D eigenvalue weighted by atomic mass is 9.95. The van der Waals surface area contributed by atoms with Gasteiger partial charge in [-0.3, -0.25) is 15.1 Å². The van der Waals surface area contributed by atoms with Crippen LogP contribution in [0.3, 0.4) is 0 Å². The van der Waals surface area contributed by atoms with Gasteiger partial charge >= 0.3 is 6.09 Å². The number of thiazole rings is 1. The van der Waals surface area contributed by atoms with Crippen LogP contribution < -0.4 is 5.32 Å². The zero-order valence-corrected chi connectivity index (χ0v) is 22.4. The van der Waals surface area contributed by atoms with E-state index in [0.29, 0.717) is 10.7 Å².